The first-order chi connectivity index (χ1) is 10.1. The van der Waals surface area contributed by atoms with Crippen molar-refractivity contribution in [1.82, 2.24) is 9.88 Å². The first-order valence-electron chi connectivity index (χ1n) is 7.60. The first-order valence-corrected chi connectivity index (χ1v) is 7.60. The maximum atomic E-state index is 12.7. The smallest absolute Gasteiger partial charge is 0.337 e. The van der Waals surface area contributed by atoms with Gasteiger partial charge in [-0.05, 0) is 50.7 Å². The molecule has 0 aromatic carbocycles. The number of nitrogens with zero attached hydrogens (tertiary/aromatic N) is 2. The van der Waals surface area contributed by atoms with Gasteiger partial charge in [-0.15, -0.1) is 0 Å². The van der Waals surface area contributed by atoms with Crippen LogP contribution in [-0.4, -0.2) is 39.5 Å². The van der Waals surface area contributed by atoms with Crippen LogP contribution >= 0.6 is 0 Å². The topological polar surface area (TPSA) is 70.5 Å². The SMILES string of the molecule is Cc1nc(C(=O)N2CCCC2C2CCC2)ccc1C(=O)O. The molecule has 1 unspecified atom stereocenters. The summed E-state index contributed by atoms with van der Waals surface area (Å²) >= 11 is 0. The van der Waals surface area contributed by atoms with E-state index in [1.54, 1.807) is 6.92 Å². The van der Waals surface area contributed by atoms with Crippen LogP contribution in [0.4, 0.5) is 0 Å². The van der Waals surface area contributed by atoms with Crippen LogP contribution in [-0.2, 0) is 0 Å². The molecule has 1 aliphatic carbocycles. The predicted molar refractivity (Wildman–Crippen MR) is 77.3 cm³/mol. The van der Waals surface area contributed by atoms with E-state index in [1.807, 2.05) is 4.90 Å². The lowest BCUT2D eigenvalue weighted by Crippen LogP contribution is -2.42. The standard InChI is InChI=1S/C16H20N2O3/c1-10-12(16(20)21)7-8-13(17-10)15(19)18-9-3-6-14(18)11-4-2-5-11/h7-8,11,14H,2-6,9H2,1H3,(H,20,21). The molecule has 1 amide bonds. The summed E-state index contributed by atoms with van der Waals surface area (Å²) in [6.45, 7) is 2.43. The number of pyridine rings is 1. The van der Waals surface area contributed by atoms with Gasteiger partial charge in [-0.25, -0.2) is 9.78 Å². The van der Waals surface area contributed by atoms with Crippen molar-refractivity contribution in [1.29, 1.82) is 0 Å². The van der Waals surface area contributed by atoms with Crippen LogP contribution in [0.5, 0.6) is 0 Å². The Morgan fingerprint density at radius 3 is 2.57 bits per heavy atom. The second-order valence-electron chi connectivity index (χ2n) is 6.03. The molecule has 2 aliphatic rings. The molecule has 1 atom stereocenters. The molecule has 1 saturated carbocycles. The Kier molecular flexibility index (Phi) is 3.66. The summed E-state index contributed by atoms with van der Waals surface area (Å²) in [7, 11) is 0. The first kappa shape index (κ1) is 14.0. The molecule has 0 radical (unpaired) electrons. The monoisotopic (exact) mass is 288 g/mol. The minimum absolute atomic E-state index is 0.0514. The summed E-state index contributed by atoms with van der Waals surface area (Å²) in [5.74, 6) is -0.409. The Labute approximate surface area is 124 Å². The van der Waals surface area contributed by atoms with Crippen LogP contribution in [0.25, 0.3) is 0 Å². The largest absolute Gasteiger partial charge is 0.478 e. The van der Waals surface area contributed by atoms with Gasteiger partial charge in [0.2, 0.25) is 0 Å². The van der Waals surface area contributed by atoms with E-state index in [1.165, 1.54) is 31.4 Å². The normalized spacial score (nSPS) is 22.1. The van der Waals surface area contributed by atoms with E-state index in [2.05, 4.69) is 4.98 Å². The molecule has 112 valence electrons. The predicted octanol–water partition coefficient (Wildman–Crippen LogP) is 2.49. The molecule has 1 aromatic rings. The lowest BCUT2D eigenvalue weighted by molar-refractivity contribution is 0.0617. The van der Waals surface area contributed by atoms with Gasteiger partial charge in [0.1, 0.15) is 5.69 Å². The highest BCUT2D eigenvalue weighted by Crippen LogP contribution is 2.37. The molecule has 0 bridgehead atoms. The third-order valence-corrected chi connectivity index (χ3v) is 4.79. The molecule has 2 heterocycles. The average molecular weight is 288 g/mol. The zero-order valence-corrected chi connectivity index (χ0v) is 12.2. The molecule has 1 aliphatic heterocycles. The maximum absolute atomic E-state index is 12.7. The Balaban J connectivity index is 1.81. The van der Waals surface area contributed by atoms with Crippen molar-refractivity contribution in [3.05, 3.63) is 29.1 Å². The number of aryl methyl sites for hydroxylation is 1. The maximum Gasteiger partial charge on any atom is 0.337 e. The van der Waals surface area contributed by atoms with E-state index in [4.69, 9.17) is 5.11 Å². The Hall–Kier alpha value is -1.91. The number of carbonyl (C=O) groups excluding carboxylic acids is 1. The second-order valence-corrected chi connectivity index (χ2v) is 6.03. The summed E-state index contributed by atoms with van der Waals surface area (Å²) < 4.78 is 0. The molecule has 5 heteroatoms. The molecule has 0 spiro atoms. The van der Waals surface area contributed by atoms with Crippen LogP contribution in [0, 0.1) is 12.8 Å². The van der Waals surface area contributed by atoms with Gasteiger partial charge in [-0.1, -0.05) is 6.42 Å². The van der Waals surface area contributed by atoms with E-state index in [0.717, 1.165) is 19.4 Å². The van der Waals surface area contributed by atoms with Crippen LogP contribution in [0.3, 0.4) is 0 Å². The highest BCUT2D eigenvalue weighted by atomic mass is 16.4. The van der Waals surface area contributed by atoms with E-state index in [0.29, 0.717) is 23.3 Å². The van der Waals surface area contributed by atoms with Gasteiger partial charge in [0.05, 0.1) is 11.3 Å². The summed E-state index contributed by atoms with van der Waals surface area (Å²) in [5.41, 5.74) is 0.917. The Bertz CT molecular complexity index is 581. The number of aromatic nitrogens is 1. The summed E-state index contributed by atoms with van der Waals surface area (Å²) in [4.78, 5) is 29.8. The molecule has 3 rings (SSSR count). The van der Waals surface area contributed by atoms with Crippen LogP contribution in [0.1, 0.15) is 58.6 Å². The van der Waals surface area contributed by atoms with Crippen molar-refractivity contribution in [2.24, 2.45) is 5.92 Å². The minimum Gasteiger partial charge on any atom is -0.478 e. The van der Waals surface area contributed by atoms with Crippen molar-refractivity contribution in [3.63, 3.8) is 0 Å². The summed E-state index contributed by atoms with van der Waals surface area (Å²) in [6, 6.07) is 3.37. The quantitative estimate of drug-likeness (QED) is 0.927. The number of aromatic carboxylic acids is 1. The average Bonchev–Trinajstić information content (AvgIpc) is 2.84. The lowest BCUT2D eigenvalue weighted by Gasteiger charge is -2.36. The highest BCUT2D eigenvalue weighted by Gasteiger charge is 2.37. The number of hydrogen-bond acceptors (Lipinski definition) is 3. The van der Waals surface area contributed by atoms with Gasteiger partial charge in [0, 0.05) is 12.6 Å². The van der Waals surface area contributed by atoms with Crippen molar-refractivity contribution >= 4 is 11.9 Å². The van der Waals surface area contributed by atoms with E-state index in [-0.39, 0.29) is 11.5 Å². The number of likely N-dealkylation sites (tertiary alicyclic amines) is 1. The summed E-state index contributed by atoms with van der Waals surface area (Å²) in [5, 5.41) is 9.03. The minimum atomic E-state index is -1.01. The third kappa shape index (κ3) is 2.52. The third-order valence-electron chi connectivity index (χ3n) is 4.79. The highest BCUT2D eigenvalue weighted by molar-refractivity contribution is 5.94. The van der Waals surface area contributed by atoms with E-state index < -0.39 is 5.97 Å². The molecule has 21 heavy (non-hydrogen) atoms. The fourth-order valence-corrected chi connectivity index (χ4v) is 3.41. The van der Waals surface area contributed by atoms with E-state index >= 15 is 0 Å². The summed E-state index contributed by atoms with van der Waals surface area (Å²) in [6.07, 6.45) is 5.85. The van der Waals surface area contributed by atoms with E-state index in [9.17, 15) is 9.59 Å². The van der Waals surface area contributed by atoms with Gasteiger partial charge in [-0.2, -0.15) is 0 Å². The van der Waals surface area contributed by atoms with Crippen LogP contribution < -0.4 is 0 Å². The van der Waals surface area contributed by atoms with Gasteiger partial charge >= 0.3 is 5.97 Å². The number of rotatable bonds is 3. The fraction of sp³-hybridized carbons (Fsp3) is 0.562. The van der Waals surface area contributed by atoms with Gasteiger partial charge in [0.15, 0.2) is 0 Å². The Morgan fingerprint density at radius 2 is 2.00 bits per heavy atom. The van der Waals surface area contributed by atoms with Crippen molar-refractivity contribution in [2.45, 2.75) is 45.1 Å². The van der Waals surface area contributed by atoms with Crippen LogP contribution in [0.2, 0.25) is 0 Å². The van der Waals surface area contributed by atoms with Gasteiger partial charge in [0.25, 0.3) is 5.91 Å². The van der Waals surface area contributed by atoms with Crippen molar-refractivity contribution in [2.75, 3.05) is 6.54 Å². The van der Waals surface area contributed by atoms with Crippen molar-refractivity contribution in [3.8, 4) is 0 Å². The van der Waals surface area contributed by atoms with Gasteiger partial charge < -0.3 is 10.0 Å². The number of hydrogen-bond donors (Lipinski definition) is 1. The molecule has 2 fully saturated rings. The zero-order valence-electron chi connectivity index (χ0n) is 12.2. The molecule has 1 saturated heterocycles. The molecular formula is C16H20N2O3. The Morgan fingerprint density at radius 1 is 1.24 bits per heavy atom. The molecule has 1 aromatic heterocycles. The number of carboxylic acid groups (broad SMARTS) is 1. The number of carboxylic acids is 1. The second kappa shape index (κ2) is 5.47. The van der Waals surface area contributed by atoms with Crippen LogP contribution in [0.15, 0.2) is 12.1 Å². The number of carbonyl (C=O) groups is 2. The lowest BCUT2D eigenvalue weighted by atomic mass is 9.79. The molecular weight excluding hydrogens is 268 g/mol. The fourth-order valence-electron chi connectivity index (χ4n) is 3.41. The van der Waals surface area contributed by atoms with Crippen molar-refractivity contribution < 1.29 is 14.7 Å². The molecule has 5 nitrogen and oxygen atoms in total. The number of amides is 1. The zero-order chi connectivity index (χ0) is 15.0. The van der Waals surface area contributed by atoms with Gasteiger partial charge in [-0.3, -0.25) is 4.79 Å². The molecule has 1 N–H and O–H groups in total.